The Morgan fingerprint density at radius 2 is 2.00 bits per heavy atom. The normalized spacial score (nSPS) is 12.2. The molecule has 0 fully saturated rings. The summed E-state index contributed by atoms with van der Waals surface area (Å²) in [7, 11) is 0. The highest BCUT2D eigenvalue weighted by molar-refractivity contribution is 5.95. The fourth-order valence-electron chi connectivity index (χ4n) is 2.78. The van der Waals surface area contributed by atoms with E-state index >= 15 is 0 Å². The molecule has 2 aromatic heterocycles. The third-order valence-corrected chi connectivity index (χ3v) is 4.01. The summed E-state index contributed by atoms with van der Waals surface area (Å²) < 4.78 is 0. The van der Waals surface area contributed by atoms with Gasteiger partial charge in [-0.15, -0.1) is 0 Å². The van der Waals surface area contributed by atoms with E-state index in [9.17, 15) is 9.59 Å². The lowest BCUT2D eigenvalue weighted by molar-refractivity contribution is -0.138. The minimum absolute atomic E-state index is 0.0722. The van der Waals surface area contributed by atoms with Gasteiger partial charge in [-0.1, -0.05) is 24.3 Å². The predicted molar refractivity (Wildman–Crippen MR) is 92.2 cm³/mol. The van der Waals surface area contributed by atoms with Crippen LogP contribution in [-0.4, -0.2) is 38.2 Å². The summed E-state index contributed by atoms with van der Waals surface area (Å²) in [5.74, 6) is -1.94. The number of nitrogens with two attached hydrogens (primary N) is 1. The second-order valence-corrected chi connectivity index (χ2v) is 5.81. The summed E-state index contributed by atoms with van der Waals surface area (Å²) in [5, 5.41) is 18.7. The topological polar surface area (TPSA) is 129 Å². The first-order valence-corrected chi connectivity index (χ1v) is 7.70. The van der Waals surface area contributed by atoms with Crippen LogP contribution in [0.4, 0.5) is 0 Å². The Morgan fingerprint density at radius 1 is 1.20 bits per heavy atom. The predicted octanol–water partition coefficient (Wildman–Crippen LogP) is 1.81. The maximum Gasteiger partial charge on any atom is 0.320 e. The summed E-state index contributed by atoms with van der Waals surface area (Å²) in [5.41, 5.74) is 9.49. The van der Waals surface area contributed by atoms with E-state index in [2.05, 4.69) is 9.97 Å². The van der Waals surface area contributed by atoms with Crippen LogP contribution in [0.2, 0.25) is 0 Å². The number of hydrogen-bond acceptors (Lipinski definition) is 4. The molecule has 3 aromatic rings. The summed E-state index contributed by atoms with van der Waals surface area (Å²) in [4.78, 5) is 29.2. The Bertz CT molecular complexity index is 931. The van der Waals surface area contributed by atoms with Crippen molar-refractivity contribution in [3.63, 3.8) is 0 Å². The highest BCUT2D eigenvalue weighted by atomic mass is 16.4. The van der Waals surface area contributed by atoms with E-state index in [0.717, 1.165) is 22.0 Å². The number of benzene rings is 1. The molecule has 0 aliphatic heterocycles. The first-order valence-electron chi connectivity index (χ1n) is 7.70. The number of pyridine rings is 1. The number of aromatic nitrogens is 2. The molecule has 128 valence electrons. The van der Waals surface area contributed by atoms with Crippen molar-refractivity contribution < 1.29 is 19.8 Å². The standard InChI is InChI=1S/C18H17N3O4/c19-14(18(24)25)7-11-9-21-17-12(11)2-1-3-13(17)15-5-4-10(8-20-15)6-16(22)23/h1-5,8-9,14,21H,6-7,19H2,(H,22,23)(H,24,25)/t14-/m0/s1. The molecule has 2 heterocycles. The van der Waals surface area contributed by atoms with Crippen LogP contribution in [0.25, 0.3) is 22.2 Å². The quantitative estimate of drug-likeness (QED) is 0.542. The number of carboxylic acid groups (broad SMARTS) is 2. The van der Waals surface area contributed by atoms with E-state index < -0.39 is 18.0 Å². The zero-order valence-corrected chi connectivity index (χ0v) is 13.3. The third-order valence-electron chi connectivity index (χ3n) is 4.01. The summed E-state index contributed by atoms with van der Waals surface area (Å²) in [6.45, 7) is 0. The van der Waals surface area contributed by atoms with Crippen molar-refractivity contribution in [3.05, 3.63) is 53.9 Å². The van der Waals surface area contributed by atoms with Gasteiger partial charge in [-0.05, 0) is 17.2 Å². The number of nitrogens with zero attached hydrogens (tertiary/aromatic N) is 1. The number of hydrogen-bond donors (Lipinski definition) is 4. The van der Waals surface area contributed by atoms with Crippen molar-refractivity contribution in [1.82, 2.24) is 9.97 Å². The molecule has 5 N–H and O–H groups in total. The summed E-state index contributed by atoms with van der Waals surface area (Å²) in [6, 6.07) is 8.22. The second kappa shape index (κ2) is 6.74. The minimum Gasteiger partial charge on any atom is -0.481 e. The molecule has 0 spiro atoms. The fraction of sp³-hybridized carbons (Fsp3) is 0.167. The molecular weight excluding hydrogens is 322 g/mol. The monoisotopic (exact) mass is 339 g/mol. The van der Waals surface area contributed by atoms with Gasteiger partial charge in [-0.25, -0.2) is 0 Å². The molecule has 7 nitrogen and oxygen atoms in total. The first kappa shape index (κ1) is 16.7. The molecule has 3 rings (SSSR count). The van der Waals surface area contributed by atoms with Gasteiger partial charge in [0.1, 0.15) is 6.04 Å². The number of aromatic amines is 1. The number of fused-ring (bicyclic) bond motifs is 1. The molecular formula is C18H17N3O4. The Labute approximate surface area is 143 Å². The maximum atomic E-state index is 11.0. The van der Waals surface area contributed by atoms with Gasteiger partial charge in [0.15, 0.2) is 0 Å². The van der Waals surface area contributed by atoms with E-state index in [-0.39, 0.29) is 12.8 Å². The van der Waals surface area contributed by atoms with E-state index in [4.69, 9.17) is 15.9 Å². The van der Waals surface area contributed by atoms with Gasteiger partial charge >= 0.3 is 11.9 Å². The maximum absolute atomic E-state index is 11.0. The Morgan fingerprint density at radius 3 is 2.64 bits per heavy atom. The average molecular weight is 339 g/mol. The Balaban J connectivity index is 1.96. The van der Waals surface area contributed by atoms with Crippen molar-refractivity contribution in [2.45, 2.75) is 18.9 Å². The highest BCUT2D eigenvalue weighted by Crippen LogP contribution is 2.29. The summed E-state index contributed by atoms with van der Waals surface area (Å²) in [6.07, 6.45) is 3.46. The van der Waals surface area contributed by atoms with E-state index in [1.54, 1.807) is 24.5 Å². The molecule has 0 aliphatic carbocycles. The molecule has 7 heteroatoms. The van der Waals surface area contributed by atoms with E-state index in [1.165, 1.54) is 0 Å². The van der Waals surface area contributed by atoms with Crippen LogP contribution in [0.5, 0.6) is 0 Å². The average Bonchev–Trinajstić information content (AvgIpc) is 2.98. The lowest BCUT2D eigenvalue weighted by Gasteiger charge is -2.06. The van der Waals surface area contributed by atoms with Crippen molar-refractivity contribution in [3.8, 4) is 11.3 Å². The van der Waals surface area contributed by atoms with Crippen LogP contribution in [-0.2, 0) is 22.4 Å². The van der Waals surface area contributed by atoms with Crippen LogP contribution in [0.1, 0.15) is 11.1 Å². The van der Waals surface area contributed by atoms with Gasteiger partial charge in [0.05, 0.1) is 17.6 Å². The zero-order valence-electron chi connectivity index (χ0n) is 13.3. The summed E-state index contributed by atoms with van der Waals surface area (Å²) >= 11 is 0. The fourth-order valence-corrected chi connectivity index (χ4v) is 2.78. The minimum atomic E-state index is -1.04. The molecule has 0 unspecified atom stereocenters. The number of rotatable bonds is 6. The van der Waals surface area contributed by atoms with Crippen LogP contribution in [0.15, 0.2) is 42.7 Å². The molecule has 0 amide bonds. The van der Waals surface area contributed by atoms with E-state index in [1.807, 2.05) is 18.2 Å². The van der Waals surface area contributed by atoms with Gasteiger partial charge in [0.25, 0.3) is 0 Å². The van der Waals surface area contributed by atoms with Gasteiger partial charge in [0, 0.05) is 29.8 Å². The van der Waals surface area contributed by atoms with Crippen LogP contribution < -0.4 is 5.73 Å². The molecule has 1 aromatic carbocycles. The Hall–Kier alpha value is -3.19. The number of aliphatic carboxylic acids is 2. The van der Waals surface area contributed by atoms with Crippen molar-refractivity contribution in [2.24, 2.45) is 5.73 Å². The zero-order chi connectivity index (χ0) is 18.0. The number of para-hydroxylation sites is 1. The highest BCUT2D eigenvalue weighted by Gasteiger charge is 2.16. The van der Waals surface area contributed by atoms with Gasteiger partial charge in [-0.3, -0.25) is 14.6 Å². The van der Waals surface area contributed by atoms with E-state index in [0.29, 0.717) is 11.3 Å². The van der Waals surface area contributed by atoms with Crippen molar-refractivity contribution >= 4 is 22.8 Å². The lowest BCUT2D eigenvalue weighted by atomic mass is 10.0. The first-order chi connectivity index (χ1) is 12.0. The van der Waals surface area contributed by atoms with Crippen molar-refractivity contribution in [2.75, 3.05) is 0 Å². The van der Waals surface area contributed by atoms with Crippen LogP contribution >= 0.6 is 0 Å². The molecule has 1 atom stereocenters. The largest absolute Gasteiger partial charge is 0.481 e. The molecule has 0 aliphatic rings. The molecule has 0 radical (unpaired) electrons. The SMILES string of the molecule is N[C@@H](Cc1c[nH]c2c(-c3ccc(CC(=O)O)cn3)cccc12)C(=O)O. The van der Waals surface area contributed by atoms with Gasteiger partial charge in [-0.2, -0.15) is 0 Å². The molecule has 0 bridgehead atoms. The number of nitrogens with one attached hydrogen (secondary N) is 1. The molecule has 25 heavy (non-hydrogen) atoms. The molecule has 0 saturated carbocycles. The van der Waals surface area contributed by atoms with Gasteiger partial charge in [0.2, 0.25) is 0 Å². The van der Waals surface area contributed by atoms with Crippen molar-refractivity contribution in [1.29, 1.82) is 0 Å². The number of carboxylic acids is 2. The van der Waals surface area contributed by atoms with Crippen LogP contribution in [0, 0.1) is 0 Å². The second-order valence-electron chi connectivity index (χ2n) is 5.81. The lowest BCUT2D eigenvalue weighted by Crippen LogP contribution is -2.32. The van der Waals surface area contributed by atoms with Crippen LogP contribution in [0.3, 0.4) is 0 Å². The Kier molecular flexibility index (Phi) is 4.49. The smallest absolute Gasteiger partial charge is 0.320 e. The molecule has 0 saturated heterocycles. The van der Waals surface area contributed by atoms with Gasteiger partial charge < -0.3 is 20.9 Å². The number of carbonyl (C=O) groups is 2. The third kappa shape index (κ3) is 3.51. The number of H-pyrrole nitrogens is 1.